The van der Waals surface area contributed by atoms with Gasteiger partial charge in [-0.05, 0) is 97.4 Å². The number of carbonyl (C=O) groups is 2. The van der Waals surface area contributed by atoms with Crippen LogP contribution in [0.15, 0.2) is 77.4 Å². The lowest BCUT2D eigenvalue weighted by Crippen LogP contribution is -2.65. The lowest BCUT2D eigenvalue weighted by Gasteiger charge is -2.56. The Bertz CT molecular complexity index is 1650. The minimum Gasteiger partial charge on any atom is -0.383 e. The van der Waals surface area contributed by atoms with Crippen LogP contribution >= 0.6 is 0 Å². The van der Waals surface area contributed by atoms with E-state index in [-0.39, 0.29) is 31.1 Å². The van der Waals surface area contributed by atoms with Crippen LogP contribution < -0.4 is 10.6 Å². The Balaban J connectivity index is 1.29. The molecule has 242 valence electrons. The van der Waals surface area contributed by atoms with E-state index in [0.29, 0.717) is 36.9 Å². The summed E-state index contributed by atoms with van der Waals surface area (Å²) in [6.45, 7) is 1.50. The van der Waals surface area contributed by atoms with Crippen molar-refractivity contribution in [3.05, 3.63) is 88.5 Å². The van der Waals surface area contributed by atoms with Crippen molar-refractivity contribution in [2.45, 2.75) is 75.5 Å². The van der Waals surface area contributed by atoms with Gasteiger partial charge in [0.2, 0.25) is 0 Å². The van der Waals surface area contributed by atoms with Crippen LogP contribution in [0.5, 0.6) is 0 Å². The Morgan fingerprint density at radius 1 is 1.00 bits per heavy atom. The zero-order chi connectivity index (χ0) is 32.9. The molecule has 10 heteroatoms. The lowest BCUT2D eigenvalue weighted by atomic mass is 9.50. The predicted molar refractivity (Wildman–Crippen MR) is 163 cm³/mol. The predicted octanol–water partition coefficient (Wildman–Crippen LogP) is 7.69. The van der Waals surface area contributed by atoms with Crippen molar-refractivity contribution in [3.63, 3.8) is 0 Å². The molecule has 0 spiro atoms. The van der Waals surface area contributed by atoms with Crippen molar-refractivity contribution in [1.82, 2.24) is 5.32 Å². The van der Waals surface area contributed by atoms with Crippen molar-refractivity contribution in [2.75, 3.05) is 11.9 Å². The number of ketones is 1. The lowest BCUT2D eigenvalue weighted by molar-refractivity contribution is -0.362. The van der Waals surface area contributed by atoms with E-state index >= 15 is 8.78 Å². The van der Waals surface area contributed by atoms with Gasteiger partial charge in [-0.25, -0.2) is 4.79 Å². The highest BCUT2D eigenvalue weighted by molar-refractivity contribution is 5.93. The van der Waals surface area contributed by atoms with Crippen LogP contribution in [0.1, 0.15) is 68.9 Å². The van der Waals surface area contributed by atoms with Gasteiger partial charge in [0.1, 0.15) is 5.60 Å². The van der Waals surface area contributed by atoms with Gasteiger partial charge in [-0.15, -0.1) is 0 Å². The van der Waals surface area contributed by atoms with Gasteiger partial charge in [-0.1, -0.05) is 54.7 Å². The number of allylic oxidation sites excluding steroid dienone is 4. The largest absolute Gasteiger partial charge is 0.456 e. The molecule has 2 aromatic carbocycles. The molecule has 2 saturated carbocycles. The number of para-hydroxylation sites is 1. The normalized spacial score (nSPS) is 29.1. The first-order valence-corrected chi connectivity index (χ1v) is 15.6. The molecule has 46 heavy (non-hydrogen) atoms. The first kappa shape index (κ1) is 32.0. The highest BCUT2D eigenvalue weighted by atomic mass is 19.4. The van der Waals surface area contributed by atoms with Gasteiger partial charge in [0.25, 0.3) is 0 Å². The maximum absolute atomic E-state index is 15.2. The second-order valence-electron chi connectivity index (χ2n) is 13.1. The van der Waals surface area contributed by atoms with Gasteiger partial charge < -0.3 is 15.7 Å². The van der Waals surface area contributed by atoms with E-state index in [0.717, 1.165) is 22.3 Å². The molecule has 4 aliphatic rings. The second-order valence-corrected chi connectivity index (χ2v) is 13.1. The summed E-state index contributed by atoms with van der Waals surface area (Å²) in [6.07, 6.45) is -2.98. The number of aliphatic hydroxyl groups is 1. The third-order valence-electron chi connectivity index (χ3n) is 10.7. The fourth-order valence-electron chi connectivity index (χ4n) is 8.48. The van der Waals surface area contributed by atoms with Crippen LogP contribution in [-0.4, -0.2) is 41.2 Å². The van der Waals surface area contributed by atoms with Gasteiger partial charge in [-0.3, -0.25) is 4.79 Å². The Labute approximate surface area is 264 Å². The number of anilines is 1. The standard InChI is InChI=1S/C36H35F5N2O3/c1-33-21-29(23-11-9-22(10-12-23)6-5-19-42-32(45)43-25-7-3-2-4-8-25)31-27-16-14-26(44)20-24(27)13-15-28(31)30(33)17-18-34(33,46)35(37,38)36(39,40)41/h2-4,7-12,20,28-30,46H,13-19,21H2,1H3,(H2,42,43,45)/t28?,29-,30?,33+,34+/m1/s1. The Morgan fingerprint density at radius 3 is 2.41 bits per heavy atom. The highest BCUT2D eigenvalue weighted by Gasteiger charge is 2.79. The van der Waals surface area contributed by atoms with Gasteiger partial charge in [0.05, 0.1) is 6.54 Å². The summed E-state index contributed by atoms with van der Waals surface area (Å²) in [6, 6.07) is 15.7. The van der Waals surface area contributed by atoms with Gasteiger partial charge in [0, 0.05) is 29.0 Å². The number of urea groups is 1. The van der Waals surface area contributed by atoms with Crippen molar-refractivity contribution in [2.24, 2.45) is 17.3 Å². The number of halogens is 5. The molecule has 0 aliphatic heterocycles. The summed E-state index contributed by atoms with van der Waals surface area (Å²) in [5, 5.41) is 16.8. The number of hydrogen-bond donors (Lipinski definition) is 3. The summed E-state index contributed by atoms with van der Waals surface area (Å²) in [5.41, 5.74) is 0.0177. The number of alkyl halides is 5. The van der Waals surface area contributed by atoms with Gasteiger partial charge >= 0.3 is 18.1 Å². The Morgan fingerprint density at radius 2 is 1.72 bits per heavy atom. The minimum absolute atomic E-state index is 0.0324. The van der Waals surface area contributed by atoms with E-state index in [1.807, 2.05) is 6.07 Å². The fourth-order valence-corrected chi connectivity index (χ4v) is 8.48. The summed E-state index contributed by atoms with van der Waals surface area (Å²) in [4.78, 5) is 24.4. The number of fused-ring (bicyclic) bond motifs is 4. The van der Waals surface area contributed by atoms with Crippen molar-refractivity contribution < 1.29 is 36.6 Å². The molecule has 2 amide bonds. The minimum atomic E-state index is -5.89. The van der Waals surface area contributed by atoms with Crippen LogP contribution in [0.4, 0.5) is 32.4 Å². The maximum atomic E-state index is 15.2. The molecule has 5 atom stereocenters. The molecule has 0 aromatic heterocycles. The van der Waals surface area contributed by atoms with Crippen LogP contribution in [0, 0.1) is 29.1 Å². The van der Waals surface area contributed by atoms with E-state index in [2.05, 4.69) is 22.5 Å². The summed E-state index contributed by atoms with van der Waals surface area (Å²) in [5.74, 6) is -0.731. The number of nitrogens with one attached hydrogen (secondary N) is 2. The summed E-state index contributed by atoms with van der Waals surface area (Å²) in [7, 11) is 0. The molecule has 2 fully saturated rings. The van der Waals surface area contributed by atoms with E-state index in [9.17, 15) is 27.9 Å². The smallest absolute Gasteiger partial charge is 0.383 e. The van der Waals surface area contributed by atoms with E-state index in [1.165, 1.54) is 6.92 Å². The van der Waals surface area contributed by atoms with Crippen molar-refractivity contribution >= 4 is 17.5 Å². The molecule has 2 aromatic rings. The van der Waals surface area contributed by atoms with Gasteiger partial charge in [0.15, 0.2) is 5.78 Å². The number of rotatable bonds is 4. The average molecular weight is 639 g/mol. The van der Waals surface area contributed by atoms with Gasteiger partial charge in [-0.2, -0.15) is 22.0 Å². The molecule has 2 unspecified atom stereocenters. The second kappa shape index (κ2) is 11.7. The molecule has 0 radical (unpaired) electrons. The molecule has 5 nitrogen and oxygen atoms in total. The third-order valence-corrected chi connectivity index (χ3v) is 10.7. The topological polar surface area (TPSA) is 78.4 Å². The molecule has 4 aliphatic carbocycles. The summed E-state index contributed by atoms with van der Waals surface area (Å²) < 4.78 is 71.7. The monoisotopic (exact) mass is 638 g/mol. The SMILES string of the molecule is C[C@]12C[C@H](c3ccc(C#CCNC(=O)Nc4ccccc4)cc3)C3=C4CCC(=O)C=C4CCC3C1CC[C@@]2(O)C(F)(F)C(F)(F)F. The van der Waals surface area contributed by atoms with E-state index in [1.54, 1.807) is 54.6 Å². The number of amides is 2. The zero-order valence-corrected chi connectivity index (χ0v) is 25.3. The van der Waals surface area contributed by atoms with Crippen molar-refractivity contribution in [1.29, 1.82) is 0 Å². The average Bonchev–Trinajstić information content (AvgIpc) is 3.30. The Kier molecular flexibility index (Phi) is 8.12. The molecule has 0 heterocycles. The first-order chi connectivity index (χ1) is 21.7. The molecule has 3 N–H and O–H groups in total. The maximum Gasteiger partial charge on any atom is 0.456 e. The highest BCUT2D eigenvalue weighted by Crippen LogP contribution is 2.70. The molecule has 6 rings (SSSR count). The first-order valence-electron chi connectivity index (χ1n) is 15.6. The fraction of sp³-hybridized carbons (Fsp3) is 0.444. The molecular formula is C36H35F5N2O3. The van der Waals surface area contributed by atoms with E-state index in [4.69, 9.17) is 0 Å². The van der Waals surface area contributed by atoms with Crippen LogP contribution in [0.3, 0.4) is 0 Å². The molecule has 0 bridgehead atoms. The van der Waals surface area contributed by atoms with Crippen LogP contribution in [0.25, 0.3) is 0 Å². The zero-order valence-electron chi connectivity index (χ0n) is 25.3. The number of benzene rings is 2. The quantitative estimate of drug-likeness (QED) is 0.238. The van der Waals surface area contributed by atoms with E-state index < -0.39 is 47.4 Å². The Hall–Kier alpha value is -3.97. The molecular weight excluding hydrogens is 603 g/mol. The molecule has 0 saturated heterocycles. The number of carbonyl (C=O) groups excluding carboxylic acids is 2. The van der Waals surface area contributed by atoms with Crippen LogP contribution in [-0.2, 0) is 4.79 Å². The van der Waals surface area contributed by atoms with Crippen LogP contribution in [0.2, 0.25) is 0 Å². The third kappa shape index (κ3) is 5.32. The van der Waals surface area contributed by atoms with Crippen molar-refractivity contribution in [3.8, 4) is 11.8 Å². The summed E-state index contributed by atoms with van der Waals surface area (Å²) >= 11 is 0. The number of hydrogen-bond acceptors (Lipinski definition) is 3.